The number of imidazole rings is 1. The number of rotatable bonds is 12. The van der Waals surface area contributed by atoms with E-state index in [4.69, 9.17) is 5.73 Å². The van der Waals surface area contributed by atoms with Crippen LogP contribution in [0.25, 0.3) is 5.65 Å². The molecule has 0 amide bonds. The van der Waals surface area contributed by atoms with E-state index < -0.39 is 18.1 Å². The van der Waals surface area contributed by atoms with Crippen molar-refractivity contribution in [2.75, 3.05) is 36.2 Å². The molecule has 0 bridgehead atoms. The zero-order chi connectivity index (χ0) is 32.3. The maximum absolute atomic E-state index is 15.6. The monoisotopic (exact) mass is 651 g/mol. The summed E-state index contributed by atoms with van der Waals surface area (Å²) in [4.78, 5) is 31.3. The van der Waals surface area contributed by atoms with Gasteiger partial charge < -0.3 is 24.8 Å². The summed E-state index contributed by atoms with van der Waals surface area (Å²) in [5.74, 6) is -0.396. The van der Waals surface area contributed by atoms with Gasteiger partial charge in [0.1, 0.15) is 11.5 Å². The molecule has 6 rings (SSSR count). The summed E-state index contributed by atoms with van der Waals surface area (Å²) in [5, 5.41) is 0. The van der Waals surface area contributed by atoms with Crippen LogP contribution in [0.1, 0.15) is 60.6 Å². The average Bonchev–Trinajstić information content (AvgIpc) is 3.92. The van der Waals surface area contributed by atoms with Gasteiger partial charge in [0.2, 0.25) is 7.37 Å². The van der Waals surface area contributed by atoms with Crippen LogP contribution >= 0.6 is 15.9 Å². The zero-order valence-corrected chi connectivity index (χ0v) is 28.5. The predicted molar refractivity (Wildman–Crippen MR) is 183 cm³/mol. The van der Waals surface area contributed by atoms with Gasteiger partial charge in [-0.25, -0.2) is 9.37 Å². The van der Waals surface area contributed by atoms with E-state index in [2.05, 4.69) is 21.4 Å². The number of hydrogen-bond donors (Lipinski definition) is 2. The van der Waals surface area contributed by atoms with Crippen molar-refractivity contribution < 1.29 is 18.6 Å². The van der Waals surface area contributed by atoms with Crippen LogP contribution in [-0.4, -0.2) is 64.0 Å². The summed E-state index contributed by atoms with van der Waals surface area (Å²) in [5.41, 5.74) is 12.1. The summed E-state index contributed by atoms with van der Waals surface area (Å²) < 4.78 is 31.2. The average molecular weight is 652 g/mol. The first-order chi connectivity index (χ1) is 21.3. The number of aldehydes is 1. The largest absolute Gasteiger partial charge is 0.367 e. The molecule has 8 nitrogen and oxygen atoms in total. The van der Waals surface area contributed by atoms with Crippen LogP contribution in [-0.2, 0) is 11.0 Å². The zero-order valence-electron chi connectivity index (χ0n) is 26.6. The number of hydrogen-bond acceptors (Lipinski definition) is 6. The Balaban J connectivity index is 1.34. The lowest BCUT2D eigenvalue weighted by Gasteiger charge is -2.36. The maximum atomic E-state index is 15.6. The van der Waals surface area contributed by atoms with Gasteiger partial charge in [-0.2, -0.15) is 0 Å². The minimum atomic E-state index is -3.61. The number of aromatic nitrogens is 2. The lowest BCUT2D eigenvalue weighted by atomic mass is 10.0. The Labute approximate surface area is 266 Å². The van der Waals surface area contributed by atoms with Crippen molar-refractivity contribution in [3.8, 4) is 0 Å². The molecule has 1 spiro atoms. The third-order valence-corrected chi connectivity index (χ3v) is 15.5. The molecule has 4 atom stereocenters. The van der Waals surface area contributed by atoms with E-state index in [0.29, 0.717) is 36.3 Å². The molecular weight excluding hydrogens is 607 g/mol. The molecular formula is C34H44FN5O3P2. The number of halogens is 1. The van der Waals surface area contributed by atoms with Gasteiger partial charge in [-0.15, -0.1) is 8.58 Å². The molecule has 2 aliphatic carbocycles. The van der Waals surface area contributed by atoms with Crippen molar-refractivity contribution >= 4 is 39.3 Å². The van der Waals surface area contributed by atoms with Gasteiger partial charge in [0.15, 0.2) is 6.29 Å². The maximum Gasteiger partial charge on any atom is 0.208 e. The van der Waals surface area contributed by atoms with Crippen LogP contribution < -0.4 is 15.5 Å². The molecule has 3 aliphatic rings. The van der Waals surface area contributed by atoms with Crippen LogP contribution in [0.15, 0.2) is 60.6 Å². The topological polar surface area (TPSA) is 104 Å². The fourth-order valence-corrected chi connectivity index (χ4v) is 10.5. The number of fused-ring (bicyclic) bond motifs is 1. The summed E-state index contributed by atoms with van der Waals surface area (Å²) in [6.45, 7) is 13.0. The van der Waals surface area contributed by atoms with Crippen molar-refractivity contribution in [3.63, 3.8) is 0 Å². The van der Waals surface area contributed by atoms with Gasteiger partial charge in [0.05, 0.1) is 16.3 Å². The molecule has 0 radical (unpaired) electrons. The van der Waals surface area contributed by atoms with E-state index in [1.807, 2.05) is 55.5 Å². The van der Waals surface area contributed by atoms with Crippen LogP contribution in [0.4, 0.5) is 15.8 Å². The molecule has 45 heavy (non-hydrogen) atoms. The minimum absolute atomic E-state index is 0.0108. The first-order valence-electron chi connectivity index (χ1n) is 15.7. The van der Waals surface area contributed by atoms with Gasteiger partial charge in [0.25, 0.3) is 0 Å². The highest BCUT2D eigenvalue weighted by atomic mass is 31.2. The number of nitrogens with two attached hydrogens (primary N) is 1. The standard InChI is InChI=1S/C34H44FN5O3P2/c1-22(15-34(44-4,45(5,42)43)16-27-17-37-30-8-6-7-13-39(27)30)23(2)18-40(26-9-10-26)31-24(3)32(28(35)14-25(31)20-41)38-19-29(36)33(21-38)11-12-33/h6-8,13-14,17-18,20,26,29,44H,1,9-12,15-16,19,21,36H2,2-5H3,(H,42,43)/b23-18+. The first-order valence-corrected chi connectivity index (χ1v) is 19.3. The molecule has 1 aromatic carbocycles. The Kier molecular flexibility index (Phi) is 8.39. The number of nitrogens with zero attached hydrogens (tertiary/aromatic N) is 4. The third-order valence-electron chi connectivity index (χ3n) is 10.4. The normalized spacial score (nSPS) is 22.2. The Morgan fingerprint density at radius 2 is 2.11 bits per heavy atom. The molecule has 11 heteroatoms. The Bertz CT molecular complexity index is 1740. The summed E-state index contributed by atoms with van der Waals surface area (Å²) in [7, 11) is -3.43. The second-order valence-electron chi connectivity index (χ2n) is 13.5. The highest BCUT2D eigenvalue weighted by Crippen LogP contribution is 2.64. The van der Waals surface area contributed by atoms with E-state index in [1.165, 1.54) is 12.7 Å². The van der Waals surface area contributed by atoms with Gasteiger partial charge >= 0.3 is 0 Å². The molecule has 4 unspecified atom stereocenters. The summed E-state index contributed by atoms with van der Waals surface area (Å²) in [6, 6.07) is 7.31. The van der Waals surface area contributed by atoms with Crippen molar-refractivity contribution in [1.29, 1.82) is 0 Å². The molecule has 2 saturated carbocycles. The predicted octanol–water partition coefficient (Wildman–Crippen LogP) is 6.49. The van der Waals surface area contributed by atoms with Gasteiger partial charge in [-0.1, -0.05) is 12.6 Å². The van der Waals surface area contributed by atoms with Crippen molar-refractivity contribution in [3.05, 3.63) is 83.2 Å². The van der Waals surface area contributed by atoms with Crippen molar-refractivity contribution in [1.82, 2.24) is 9.38 Å². The summed E-state index contributed by atoms with van der Waals surface area (Å²) in [6.07, 6.45) is 11.2. The number of pyridine rings is 1. The lowest BCUT2D eigenvalue weighted by molar-refractivity contribution is 0.112. The van der Waals surface area contributed by atoms with E-state index >= 15 is 4.39 Å². The van der Waals surface area contributed by atoms with Crippen LogP contribution in [0.5, 0.6) is 0 Å². The molecule has 240 valence electrons. The van der Waals surface area contributed by atoms with E-state index in [1.54, 1.807) is 6.20 Å². The molecule has 1 saturated heterocycles. The van der Waals surface area contributed by atoms with Gasteiger partial charge in [-0.05, 0) is 87.5 Å². The smallest absolute Gasteiger partial charge is 0.208 e. The molecule has 1 aliphatic heterocycles. The quantitative estimate of drug-likeness (QED) is 0.131. The third kappa shape index (κ3) is 5.82. The number of carbonyl (C=O) groups excluding carboxylic acids is 1. The van der Waals surface area contributed by atoms with E-state index in [9.17, 15) is 14.3 Å². The van der Waals surface area contributed by atoms with Gasteiger partial charge in [-0.3, -0.25) is 9.36 Å². The van der Waals surface area contributed by atoms with E-state index in [-0.39, 0.29) is 26.1 Å². The molecule has 3 fully saturated rings. The number of allylic oxidation sites excluding steroid dienone is 2. The first kappa shape index (κ1) is 32.1. The molecule has 3 aromatic rings. The Morgan fingerprint density at radius 3 is 2.71 bits per heavy atom. The summed E-state index contributed by atoms with van der Waals surface area (Å²) >= 11 is 0. The Hall–Kier alpha value is -2.83. The molecule has 3 N–H and O–H groups in total. The fourth-order valence-electron chi connectivity index (χ4n) is 7.11. The highest BCUT2D eigenvalue weighted by Gasteiger charge is 2.54. The van der Waals surface area contributed by atoms with Crippen LogP contribution in [0, 0.1) is 18.2 Å². The van der Waals surface area contributed by atoms with Crippen molar-refractivity contribution in [2.24, 2.45) is 11.1 Å². The second-order valence-corrected chi connectivity index (χ2v) is 18.0. The fraction of sp³-hybridized carbons (Fsp3) is 0.471. The highest BCUT2D eigenvalue weighted by molar-refractivity contribution is 7.70. The second kappa shape index (κ2) is 11.8. The number of carbonyl (C=O) groups is 1. The number of anilines is 2. The van der Waals surface area contributed by atoms with Crippen molar-refractivity contribution in [2.45, 2.75) is 69.4 Å². The van der Waals surface area contributed by atoms with Crippen LogP contribution in [0.3, 0.4) is 0 Å². The minimum Gasteiger partial charge on any atom is -0.367 e. The SMILES string of the molecule is C=C(CC(Cc1cnc2ccccn12)(PC)P(C)(=O)O)/C(C)=C/N(c1c(C=O)cc(F)c(N2CC(N)C3(CC3)C2)c1C)C1CC1. The molecule has 2 aromatic heterocycles. The van der Waals surface area contributed by atoms with E-state index in [0.717, 1.165) is 66.6 Å². The van der Waals surface area contributed by atoms with Gasteiger partial charge in [0, 0.05) is 73.5 Å². The molecule has 3 heterocycles. The number of benzene rings is 1. The Morgan fingerprint density at radius 1 is 1.38 bits per heavy atom. The van der Waals surface area contributed by atoms with Crippen LogP contribution in [0.2, 0.25) is 0 Å². The lowest BCUT2D eigenvalue weighted by Crippen LogP contribution is -2.31.